The van der Waals surface area contributed by atoms with Crippen molar-refractivity contribution in [3.05, 3.63) is 35.9 Å². The molecule has 1 unspecified atom stereocenters. The van der Waals surface area contributed by atoms with E-state index in [1.165, 1.54) is 19.1 Å². The van der Waals surface area contributed by atoms with Crippen molar-refractivity contribution in [3.8, 4) is 0 Å². The molecule has 5 heteroatoms. The molecule has 0 heterocycles. The average Bonchev–Trinajstić information content (AvgIpc) is 2.16. The minimum absolute atomic E-state index is 0.0265. The summed E-state index contributed by atoms with van der Waals surface area (Å²) in [6.45, 7) is 1.53. The van der Waals surface area contributed by atoms with Crippen molar-refractivity contribution < 1.29 is 19.5 Å². The van der Waals surface area contributed by atoms with Gasteiger partial charge in [-0.25, -0.2) is 0 Å². The summed E-state index contributed by atoms with van der Waals surface area (Å²) in [6, 6.07) is 7.99. The topological polar surface area (TPSA) is 77.8 Å². The Morgan fingerprint density at radius 2 is 1.79 bits per heavy atom. The van der Waals surface area contributed by atoms with Crippen LogP contribution in [0.4, 0.5) is 0 Å². The van der Waals surface area contributed by atoms with Crippen LogP contribution in [0.3, 0.4) is 0 Å². The van der Waals surface area contributed by atoms with E-state index in [0.29, 0.717) is 0 Å². The van der Waals surface area contributed by atoms with Crippen LogP contribution in [0.25, 0.3) is 0 Å². The number of hydrogen-bond acceptors (Lipinski definition) is 2. The molecular weight excluding hydrogens is 203 g/mol. The van der Waals surface area contributed by atoms with Crippen molar-refractivity contribution in [1.29, 1.82) is 0 Å². The Hall–Kier alpha value is -0.670. The summed E-state index contributed by atoms with van der Waals surface area (Å²) in [5.41, 5.74) is 0.246. The fourth-order valence-electron chi connectivity index (χ4n) is 1.28. The lowest BCUT2D eigenvalue weighted by atomic mass is 10.1. The van der Waals surface area contributed by atoms with Gasteiger partial charge in [0.05, 0.1) is 0 Å². The van der Waals surface area contributed by atoms with Gasteiger partial charge in [0, 0.05) is 0 Å². The Morgan fingerprint density at radius 1 is 1.29 bits per heavy atom. The van der Waals surface area contributed by atoms with Crippen molar-refractivity contribution in [2.45, 2.75) is 18.7 Å². The highest BCUT2D eigenvalue weighted by Crippen LogP contribution is 2.56. The van der Waals surface area contributed by atoms with Gasteiger partial charge in [-0.1, -0.05) is 37.3 Å². The summed E-state index contributed by atoms with van der Waals surface area (Å²) in [5.74, 6) is 0. The largest absolute Gasteiger partial charge is 0.373 e. The Morgan fingerprint density at radius 3 is 2.14 bits per heavy atom. The van der Waals surface area contributed by atoms with Crippen LogP contribution in [0.5, 0.6) is 0 Å². The third kappa shape index (κ3) is 1.88. The van der Waals surface area contributed by atoms with E-state index in [-0.39, 0.29) is 12.0 Å². The van der Waals surface area contributed by atoms with Crippen LogP contribution in [0.1, 0.15) is 18.9 Å². The summed E-state index contributed by atoms with van der Waals surface area (Å²) < 4.78 is 11.1. The molecular formula is C9H13O4P. The van der Waals surface area contributed by atoms with Gasteiger partial charge in [-0.2, -0.15) is 0 Å². The van der Waals surface area contributed by atoms with Gasteiger partial charge in [-0.05, 0) is 12.0 Å². The highest BCUT2D eigenvalue weighted by atomic mass is 31.2. The predicted molar refractivity (Wildman–Crippen MR) is 52.7 cm³/mol. The van der Waals surface area contributed by atoms with Gasteiger partial charge in [0.1, 0.15) is 0 Å². The predicted octanol–water partition coefficient (Wildman–Crippen LogP) is 1.42. The van der Waals surface area contributed by atoms with Gasteiger partial charge in [0.15, 0.2) is 5.34 Å². The molecule has 0 saturated heterocycles. The summed E-state index contributed by atoms with van der Waals surface area (Å²) in [4.78, 5) is 18.1. The van der Waals surface area contributed by atoms with Crippen molar-refractivity contribution in [2.24, 2.45) is 0 Å². The Kier molecular flexibility index (Phi) is 3.12. The zero-order chi connectivity index (χ0) is 10.8. The molecule has 0 aliphatic carbocycles. The molecule has 1 aromatic carbocycles. The van der Waals surface area contributed by atoms with E-state index in [1.807, 2.05) is 0 Å². The Bertz CT molecular complexity index is 345. The third-order valence-electron chi connectivity index (χ3n) is 2.21. The van der Waals surface area contributed by atoms with Gasteiger partial charge in [-0.15, -0.1) is 0 Å². The number of benzene rings is 1. The summed E-state index contributed by atoms with van der Waals surface area (Å²) in [5, 5.41) is 7.80. The molecule has 0 amide bonds. The molecule has 4 nitrogen and oxygen atoms in total. The zero-order valence-corrected chi connectivity index (χ0v) is 8.69. The molecule has 3 N–H and O–H groups in total. The maximum atomic E-state index is 11.1. The molecule has 0 spiro atoms. The summed E-state index contributed by atoms with van der Waals surface area (Å²) >= 11 is 0. The standard InChI is InChI=1S/C9H13O4P/c1-2-9(10,14(11,12)13)8-6-4-3-5-7-8/h3-7,10H,2H2,1H3,(H2,11,12,13). The molecule has 1 rings (SSSR count). The highest BCUT2D eigenvalue weighted by Gasteiger charge is 2.44. The maximum absolute atomic E-state index is 11.1. The molecule has 78 valence electrons. The average molecular weight is 216 g/mol. The van der Waals surface area contributed by atoms with E-state index >= 15 is 0 Å². The second-order valence-corrected chi connectivity index (χ2v) is 4.91. The van der Waals surface area contributed by atoms with Gasteiger partial charge in [-0.3, -0.25) is 4.57 Å². The fraction of sp³-hybridized carbons (Fsp3) is 0.333. The molecule has 1 atom stereocenters. The van der Waals surface area contributed by atoms with Crippen LogP contribution >= 0.6 is 7.60 Å². The smallest absolute Gasteiger partial charge is 0.361 e. The van der Waals surface area contributed by atoms with Crippen LogP contribution in [0.2, 0.25) is 0 Å². The van der Waals surface area contributed by atoms with Gasteiger partial charge in [0.25, 0.3) is 0 Å². The zero-order valence-electron chi connectivity index (χ0n) is 7.79. The molecule has 1 aromatic rings. The molecule has 0 bridgehead atoms. The summed E-state index contributed by atoms with van der Waals surface area (Å²) in [6.07, 6.45) is -0.0265. The molecule has 0 radical (unpaired) electrons. The van der Waals surface area contributed by atoms with E-state index < -0.39 is 12.9 Å². The maximum Gasteiger partial charge on any atom is 0.361 e. The molecule has 0 aliphatic rings. The van der Waals surface area contributed by atoms with Crippen LogP contribution in [0, 0.1) is 0 Å². The lowest BCUT2D eigenvalue weighted by molar-refractivity contribution is 0.0856. The van der Waals surface area contributed by atoms with Crippen LogP contribution in [0.15, 0.2) is 30.3 Å². The van der Waals surface area contributed by atoms with Crippen LogP contribution in [-0.4, -0.2) is 14.9 Å². The van der Waals surface area contributed by atoms with E-state index in [9.17, 15) is 9.67 Å². The highest BCUT2D eigenvalue weighted by molar-refractivity contribution is 7.52. The number of hydrogen-bond donors (Lipinski definition) is 3. The molecule has 0 aliphatic heterocycles. The van der Waals surface area contributed by atoms with E-state index in [1.54, 1.807) is 18.2 Å². The van der Waals surface area contributed by atoms with Crippen molar-refractivity contribution >= 4 is 7.60 Å². The Labute approximate surface area is 82.4 Å². The van der Waals surface area contributed by atoms with E-state index in [4.69, 9.17) is 9.79 Å². The molecule has 0 fully saturated rings. The van der Waals surface area contributed by atoms with E-state index in [2.05, 4.69) is 0 Å². The number of rotatable bonds is 3. The normalized spacial score (nSPS) is 16.3. The summed E-state index contributed by atoms with van der Waals surface area (Å²) in [7, 11) is -4.55. The lowest BCUT2D eigenvalue weighted by Gasteiger charge is -2.27. The second-order valence-electron chi connectivity index (χ2n) is 3.08. The minimum Gasteiger partial charge on any atom is -0.373 e. The lowest BCUT2D eigenvalue weighted by Crippen LogP contribution is -2.24. The molecule has 14 heavy (non-hydrogen) atoms. The molecule has 0 saturated carbocycles. The Balaban J connectivity index is 3.23. The van der Waals surface area contributed by atoms with Crippen molar-refractivity contribution in [3.63, 3.8) is 0 Å². The van der Waals surface area contributed by atoms with E-state index in [0.717, 1.165) is 0 Å². The fourth-order valence-corrected chi connectivity index (χ4v) is 2.18. The van der Waals surface area contributed by atoms with Gasteiger partial charge >= 0.3 is 7.60 Å². The van der Waals surface area contributed by atoms with Crippen LogP contribution in [-0.2, 0) is 9.91 Å². The first-order valence-electron chi connectivity index (χ1n) is 4.25. The SMILES string of the molecule is CCC(O)(c1ccccc1)P(=O)(O)O. The van der Waals surface area contributed by atoms with Crippen molar-refractivity contribution in [1.82, 2.24) is 0 Å². The van der Waals surface area contributed by atoms with Crippen molar-refractivity contribution in [2.75, 3.05) is 0 Å². The first-order valence-corrected chi connectivity index (χ1v) is 5.86. The first kappa shape index (κ1) is 11.4. The monoisotopic (exact) mass is 216 g/mol. The second kappa shape index (κ2) is 3.83. The van der Waals surface area contributed by atoms with Crippen LogP contribution < -0.4 is 0 Å². The third-order valence-corrected chi connectivity index (χ3v) is 3.75. The first-order chi connectivity index (χ1) is 6.42. The van der Waals surface area contributed by atoms with Gasteiger partial charge < -0.3 is 14.9 Å². The molecule has 0 aromatic heterocycles. The minimum atomic E-state index is -4.55. The quantitative estimate of drug-likeness (QED) is 0.668. The number of aliphatic hydroxyl groups is 1. The van der Waals surface area contributed by atoms with Gasteiger partial charge in [0.2, 0.25) is 0 Å².